The van der Waals surface area contributed by atoms with Crippen LogP contribution in [0.4, 0.5) is 4.79 Å². The van der Waals surface area contributed by atoms with Crippen molar-refractivity contribution in [2.45, 2.75) is 13.8 Å². The van der Waals surface area contributed by atoms with Crippen molar-refractivity contribution >= 4 is 23.5 Å². The van der Waals surface area contributed by atoms with E-state index in [1.807, 2.05) is 13.8 Å². The average molecular weight is 332 g/mol. The molecule has 0 bridgehead atoms. The van der Waals surface area contributed by atoms with Gasteiger partial charge >= 0.3 is 6.09 Å². The molecule has 0 unspecified atom stereocenters. The molecule has 0 saturated carbocycles. The third-order valence-corrected chi connectivity index (χ3v) is 3.70. The van der Waals surface area contributed by atoms with Gasteiger partial charge in [0.1, 0.15) is 5.75 Å². The molecule has 4 nitrogen and oxygen atoms in total. The number of carbonyl (C=O) groups excluding carboxylic acids is 2. The van der Waals surface area contributed by atoms with Crippen molar-refractivity contribution in [1.82, 2.24) is 4.90 Å². The molecule has 0 aliphatic heterocycles. The maximum Gasteiger partial charge on any atom is 0.415 e. The molecule has 1 amide bonds. The van der Waals surface area contributed by atoms with Gasteiger partial charge in [-0.2, -0.15) is 0 Å². The van der Waals surface area contributed by atoms with Crippen LogP contribution in [0.3, 0.4) is 0 Å². The third kappa shape index (κ3) is 4.33. The Kier molecular flexibility index (Phi) is 5.77. The molecule has 120 valence electrons. The van der Waals surface area contributed by atoms with Crippen LogP contribution in [0.2, 0.25) is 5.02 Å². The fourth-order valence-corrected chi connectivity index (χ4v) is 2.22. The predicted molar refractivity (Wildman–Crippen MR) is 90.3 cm³/mol. The zero-order chi connectivity index (χ0) is 16.8. The van der Waals surface area contributed by atoms with Gasteiger partial charge in [0.15, 0.2) is 5.78 Å². The maximum absolute atomic E-state index is 12.3. The van der Waals surface area contributed by atoms with Gasteiger partial charge in [-0.05, 0) is 62.4 Å². The number of benzene rings is 2. The molecule has 0 spiro atoms. The van der Waals surface area contributed by atoms with Gasteiger partial charge in [-0.3, -0.25) is 4.79 Å². The van der Waals surface area contributed by atoms with Gasteiger partial charge < -0.3 is 9.64 Å². The lowest BCUT2D eigenvalue weighted by Crippen LogP contribution is -2.33. The standard InChI is InChI=1S/C18H18ClNO3/c1-3-20(4-2)18(22)23-16-11-7-14(8-12-16)17(21)13-5-9-15(19)10-6-13/h5-12H,3-4H2,1-2H3. The van der Waals surface area contributed by atoms with Crippen molar-refractivity contribution in [2.75, 3.05) is 13.1 Å². The number of ether oxygens (including phenoxy) is 1. The van der Waals surface area contributed by atoms with E-state index in [9.17, 15) is 9.59 Å². The van der Waals surface area contributed by atoms with E-state index in [-0.39, 0.29) is 5.78 Å². The molecule has 0 aromatic heterocycles. The summed E-state index contributed by atoms with van der Waals surface area (Å²) in [5.41, 5.74) is 1.08. The van der Waals surface area contributed by atoms with Gasteiger partial charge in [0.05, 0.1) is 0 Å². The number of hydrogen-bond acceptors (Lipinski definition) is 3. The normalized spacial score (nSPS) is 10.2. The highest BCUT2D eigenvalue weighted by Crippen LogP contribution is 2.17. The highest BCUT2D eigenvalue weighted by molar-refractivity contribution is 6.30. The quantitative estimate of drug-likeness (QED) is 0.762. The minimum absolute atomic E-state index is 0.108. The second kappa shape index (κ2) is 7.79. The van der Waals surface area contributed by atoms with Crippen LogP contribution in [0, 0.1) is 0 Å². The van der Waals surface area contributed by atoms with Gasteiger partial charge in [0.25, 0.3) is 0 Å². The second-order valence-electron chi connectivity index (χ2n) is 4.90. The Morgan fingerprint density at radius 3 is 1.87 bits per heavy atom. The Morgan fingerprint density at radius 2 is 1.39 bits per heavy atom. The fourth-order valence-electron chi connectivity index (χ4n) is 2.09. The minimum Gasteiger partial charge on any atom is -0.410 e. The van der Waals surface area contributed by atoms with Crippen LogP contribution in [0.25, 0.3) is 0 Å². The number of hydrogen-bond donors (Lipinski definition) is 0. The summed E-state index contributed by atoms with van der Waals surface area (Å²) in [6.07, 6.45) is -0.397. The van der Waals surface area contributed by atoms with Crippen molar-refractivity contribution in [3.8, 4) is 5.75 Å². The summed E-state index contributed by atoms with van der Waals surface area (Å²) in [6.45, 7) is 4.95. The Bertz CT molecular complexity index is 676. The molecular weight excluding hydrogens is 314 g/mol. The summed E-state index contributed by atoms with van der Waals surface area (Å²) < 4.78 is 5.27. The molecule has 2 rings (SSSR count). The van der Waals surface area contributed by atoms with Crippen LogP contribution in [-0.4, -0.2) is 29.9 Å². The maximum atomic E-state index is 12.3. The molecule has 0 atom stereocenters. The monoisotopic (exact) mass is 331 g/mol. The summed E-state index contributed by atoms with van der Waals surface area (Å²) in [5.74, 6) is 0.304. The van der Waals surface area contributed by atoms with E-state index >= 15 is 0 Å². The molecule has 0 aliphatic carbocycles. The Morgan fingerprint density at radius 1 is 0.913 bits per heavy atom. The number of amides is 1. The summed E-state index contributed by atoms with van der Waals surface area (Å²) in [6, 6.07) is 13.2. The largest absolute Gasteiger partial charge is 0.415 e. The Hall–Kier alpha value is -2.33. The van der Waals surface area contributed by atoms with E-state index < -0.39 is 6.09 Å². The SMILES string of the molecule is CCN(CC)C(=O)Oc1ccc(C(=O)c2ccc(Cl)cc2)cc1. The third-order valence-electron chi connectivity index (χ3n) is 3.45. The number of halogens is 1. The number of rotatable bonds is 5. The first-order valence-corrected chi connectivity index (χ1v) is 7.80. The van der Waals surface area contributed by atoms with Gasteiger partial charge in [0.2, 0.25) is 0 Å². The molecule has 5 heteroatoms. The zero-order valence-corrected chi connectivity index (χ0v) is 13.8. The molecule has 2 aromatic rings. The van der Waals surface area contributed by atoms with E-state index in [4.69, 9.17) is 16.3 Å². The van der Waals surface area contributed by atoms with E-state index in [2.05, 4.69) is 0 Å². The van der Waals surface area contributed by atoms with Crippen LogP contribution >= 0.6 is 11.6 Å². The summed E-state index contributed by atoms with van der Waals surface area (Å²) in [4.78, 5) is 25.8. The van der Waals surface area contributed by atoms with Gasteiger partial charge in [-0.15, -0.1) is 0 Å². The number of ketones is 1. The summed E-state index contributed by atoms with van der Waals surface area (Å²) in [5, 5.41) is 0.584. The van der Waals surface area contributed by atoms with Crippen molar-refractivity contribution in [2.24, 2.45) is 0 Å². The van der Waals surface area contributed by atoms with E-state index in [1.54, 1.807) is 53.4 Å². The zero-order valence-electron chi connectivity index (χ0n) is 13.1. The van der Waals surface area contributed by atoms with E-state index in [0.29, 0.717) is 35.0 Å². The van der Waals surface area contributed by atoms with E-state index in [1.165, 1.54) is 0 Å². The van der Waals surface area contributed by atoms with Gasteiger partial charge in [-0.1, -0.05) is 11.6 Å². The molecule has 23 heavy (non-hydrogen) atoms. The number of carbonyl (C=O) groups is 2. The van der Waals surface area contributed by atoms with Crippen molar-refractivity contribution in [3.63, 3.8) is 0 Å². The van der Waals surface area contributed by atoms with Crippen LogP contribution in [0.5, 0.6) is 5.75 Å². The van der Waals surface area contributed by atoms with Crippen molar-refractivity contribution < 1.29 is 14.3 Å². The molecule has 0 radical (unpaired) electrons. The van der Waals surface area contributed by atoms with E-state index in [0.717, 1.165) is 0 Å². The Balaban J connectivity index is 2.08. The first-order valence-electron chi connectivity index (χ1n) is 7.42. The van der Waals surface area contributed by atoms with Crippen LogP contribution in [0.15, 0.2) is 48.5 Å². The molecule has 0 fully saturated rings. The van der Waals surface area contributed by atoms with Gasteiger partial charge in [0, 0.05) is 29.2 Å². The lowest BCUT2D eigenvalue weighted by atomic mass is 10.0. The number of nitrogens with zero attached hydrogens (tertiary/aromatic N) is 1. The van der Waals surface area contributed by atoms with Crippen molar-refractivity contribution in [1.29, 1.82) is 0 Å². The van der Waals surface area contributed by atoms with Crippen molar-refractivity contribution in [3.05, 3.63) is 64.7 Å². The molecule has 0 saturated heterocycles. The smallest absolute Gasteiger partial charge is 0.410 e. The highest BCUT2D eigenvalue weighted by Gasteiger charge is 2.13. The minimum atomic E-state index is -0.397. The second-order valence-corrected chi connectivity index (χ2v) is 5.34. The topological polar surface area (TPSA) is 46.6 Å². The first-order chi connectivity index (χ1) is 11.0. The summed E-state index contributed by atoms with van der Waals surface area (Å²) >= 11 is 5.82. The lowest BCUT2D eigenvalue weighted by Gasteiger charge is -2.17. The first kappa shape index (κ1) is 17.0. The molecule has 0 N–H and O–H groups in total. The van der Waals surface area contributed by atoms with Crippen LogP contribution < -0.4 is 4.74 Å². The Labute approximate surface area is 140 Å². The highest BCUT2D eigenvalue weighted by atomic mass is 35.5. The molecular formula is C18H18ClNO3. The summed E-state index contributed by atoms with van der Waals surface area (Å²) in [7, 11) is 0. The predicted octanol–water partition coefficient (Wildman–Crippen LogP) is 4.41. The van der Waals surface area contributed by atoms with Gasteiger partial charge in [-0.25, -0.2) is 4.79 Å². The fraction of sp³-hybridized carbons (Fsp3) is 0.222. The molecule has 2 aromatic carbocycles. The molecule has 0 aliphatic rings. The molecule has 0 heterocycles. The average Bonchev–Trinajstić information content (AvgIpc) is 2.57. The van der Waals surface area contributed by atoms with Crippen LogP contribution in [-0.2, 0) is 0 Å². The lowest BCUT2D eigenvalue weighted by molar-refractivity contribution is 0.103. The van der Waals surface area contributed by atoms with Crippen LogP contribution in [0.1, 0.15) is 29.8 Å².